The molecule has 0 radical (unpaired) electrons. The molecule has 3 nitrogen and oxygen atoms in total. The predicted molar refractivity (Wildman–Crippen MR) is 73.5 cm³/mol. The van der Waals surface area contributed by atoms with Gasteiger partial charge in [-0.2, -0.15) is 0 Å². The summed E-state index contributed by atoms with van der Waals surface area (Å²) in [7, 11) is 1.91. The Labute approximate surface area is 109 Å². The minimum absolute atomic E-state index is 0.0945. The summed E-state index contributed by atoms with van der Waals surface area (Å²) >= 11 is 3.53. The van der Waals surface area contributed by atoms with Crippen molar-refractivity contribution in [3.05, 3.63) is 34.9 Å². The first kappa shape index (κ1) is 12.3. The highest BCUT2D eigenvalue weighted by atomic mass is 79.9. The van der Waals surface area contributed by atoms with Crippen molar-refractivity contribution < 1.29 is 4.74 Å². The van der Waals surface area contributed by atoms with Gasteiger partial charge in [0.2, 0.25) is 5.88 Å². The van der Waals surface area contributed by atoms with Crippen LogP contribution in [0.3, 0.4) is 0 Å². The zero-order valence-electron chi connectivity index (χ0n) is 9.90. The van der Waals surface area contributed by atoms with E-state index in [1.165, 1.54) is 0 Å². The second kappa shape index (κ2) is 5.47. The van der Waals surface area contributed by atoms with Crippen molar-refractivity contribution in [2.75, 3.05) is 13.6 Å². The average molecular weight is 295 g/mol. The summed E-state index contributed by atoms with van der Waals surface area (Å²) in [6.07, 6.45) is 1.87. The van der Waals surface area contributed by atoms with E-state index in [0.29, 0.717) is 5.88 Å². The van der Waals surface area contributed by atoms with Crippen molar-refractivity contribution in [2.24, 2.45) is 0 Å². The number of rotatable bonds is 4. The first-order valence-corrected chi connectivity index (χ1v) is 6.36. The maximum atomic E-state index is 5.83. The molecular weight excluding hydrogens is 280 g/mol. The van der Waals surface area contributed by atoms with Crippen LogP contribution in [0, 0.1) is 0 Å². The van der Waals surface area contributed by atoms with Crippen LogP contribution in [0.25, 0.3) is 10.8 Å². The Hall–Kier alpha value is -1.13. The number of ether oxygens (including phenoxy) is 1. The third-order valence-electron chi connectivity index (χ3n) is 2.52. The van der Waals surface area contributed by atoms with E-state index in [9.17, 15) is 0 Å². The quantitative estimate of drug-likeness (QED) is 0.941. The molecule has 0 saturated carbocycles. The lowest BCUT2D eigenvalue weighted by Gasteiger charge is -2.15. The summed E-state index contributed by atoms with van der Waals surface area (Å²) in [5.74, 6) is 0.687. The molecule has 2 rings (SSSR count). The van der Waals surface area contributed by atoms with Gasteiger partial charge in [0.15, 0.2) is 0 Å². The molecule has 4 heteroatoms. The number of halogens is 1. The molecule has 1 atom stereocenters. The number of hydrogen-bond acceptors (Lipinski definition) is 3. The fourth-order valence-corrected chi connectivity index (χ4v) is 2.25. The molecule has 0 amide bonds. The molecule has 1 aromatic carbocycles. The van der Waals surface area contributed by atoms with Gasteiger partial charge in [0.25, 0.3) is 0 Å². The van der Waals surface area contributed by atoms with Crippen molar-refractivity contribution in [1.82, 2.24) is 10.3 Å². The molecule has 17 heavy (non-hydrogen) atoms. The highest BCUT2D eigenvalue weighted by Crippen LogP contribution is 2.29. The monoisotopic (exact) mass is 294 g/mol. The average Bonchev–Trinajstić information content (AvgIpc) is 2.31. The minimum atomic E-state index is 0.0945. The number of nitrogens with one attached hydrogen (secondary N) is 1. The molecule has 0 aliphatic heterocycles. The third-order valence-corrected chi connectivity index (χ3v) is 3.21. The van der Waals surface area contributed by atoms with Gasteiger partial charge in [-0.25, -0.2) is 4.98 Å². The van der Waals surface area contributed by atoms with E-state index in [4.69, 9.17) is 4.74 Å². The molecule has 1 unspecified atom stereocenters. The van der Waals surface area contributed by atoms with Crippen molar-refractivity contribution in [2.45, 2.75) is 13.0 Å². The summed E-state index contributed by atoms with van der Waals surface area (Å²) in [4.78, 5) is 4.30. The third kappa shape index (κ3) is 2.76. The molecule has 1 heterocycles. The highest BCUT2D eigenvalue weighted by molar-refractivity contribution is 9.10. The van der Waals surface area contributed by atoms with Gasteiger partial charge in [0, 0.05) is 28.0 Å². The smallest absolute Gasteiger partial charge is 0.221 e. The SMILES string of the molecule is CNCC(C)Oc1nccc2c(Br)cccc12. The Kier molecular flexibility index (Phi) is 3.97. The Bertz CT molecular complexity index is 516. The van der Waals surface area contributed by atoms with Gasteiger partial charge < -0.3 is 10.1 Å². The van der Waals surface area contributed by atoms with Crippen LogP contribution in [-0.4, -0.2) is 24.7 Å². The number of likely N-dealkylation sites (N-methyl/N-ethyl adjacent to an activating group) is 1. The molecule has 0 saturated heterocycles. The van der Waals surface area contributed by atoms with Crippen LogP contribution in [0.1, 0.15) is 6.92 Å². The van der Waals surface area contributed by atoms with Gasteiger partial charge in [0.05, 0.1) is 0 Å². The van der Waals surface area contributed by atoms with E-state index in [1.807, 2.05) is 38.2 Å². The summed E-state index contributed by atoms with van der Waals surface area (Å²) in [5.41, 5.74) is 0. The summed E-state index contributed by atoms with van der Waals surface area (Å²) in [5, 5.41) is 5.24. The second-order valence-corrected chi connectivity index (χ2v) is 4.79. The Morgan fingerprint density at radius 1 is 1.35 bits per heavy atom. The van der Waals surface area contributed by atoms with Gasteiger partial charge >= 0.3 is 0 Å². The summed E-state index contributed by atoms with van der Waals surface area (Å²) < 4.78 is 6.89. The summed E-state index contributed by atoms with van der Waals surface area (Å²) in [6.45, 7) is 2.82. The Morgan fingerprint density at radius 2 is 2.18 bits per heavy atom. The standard InChI is InChI=1S/C13H15BrN2O/c1-9(8-15-2)17-13-11-4-3-5-12(14)10(11)6-7-16-13/h3-7,9,15H,8H2,1-2H3. The van der Waals surface area contributed by atoms with Crippen LogP contribution in [0.15, 0.2) is 34.9 Å². The molecule has 1 N–H and O–H groups in total. The number of nitrogens with zero attached hydrogens (tertiary/aromatic N) is 1. The largest absolute Gasteiger partial charge is 0.473 e. The van der Waals surface area contributed by atoms with Crippen LogP contribution < -0.4 is 10.1 Å². The number of fused-ring (bicyclic) bond motifs is 1. The maximum Gasteiger partial charge on any atom is 0.221 e. The van der Waals surface area contributed by atoms with Gasteiger partial charge in [-0.15, -0.1) is 0 Å². The lowest BCUT2D eigenvalue weighted by atomic mass is 10.2. The normalized spacial score (nSPS) is 12.6. The van der Waals surface area contributed by atoms with Gasteiger partial charge in [-0.1, -0.05) is 22.0 Å². The maximum absolute atomic E-state index is 5.83. The lowest BCUT2D eigenvalue weighted by Crippen LogP contribution is -2.26. The van der Waals surface area contributed by atoms with Gasteiger partial charge in [-0.05, 0) is 32.2 Å². The topological polar surface area (TPSA) is 34.1 Å². The molecule has 0 bridgehead atoms. The Balaban J connectivity index is 2.37. The van der Waals surface area contributed by atoms with E-state index in [2.05, 4.69) is 26.2 Å². The molecule has 0 aliphatic carbocycles. The van der Waals surface area contributed by atoms with Crippen LogP contribution in [0.2, 0.25) is 0 Å². The van der Waals surface area contributed by atoms with Crippen molar-refractivity contribution in [3.8, 4) is 5.88 Å². The predicted octanol–water partition coefficient (Wildman–Crippen LogP) is 2.98. The van der Waals surface area contributed by atoms with Crippen molar-refractivity contribution >= 4 is 26.7 Å². The number of aromatic nitrogens is 1. The second-order valence-electron chi connectivity index (χ2n) is 3.94. The molecule has 0 spiro atoms. The van der Waals surface area contributed by atoms with Crippen molar-refractivity contribution in [3.63, 3.8) is 0 Å². The first-order chi connectivity index (χ1) is 8.22. The van der Waals surface area contributed by atoms with Crippen LogP contribution in [-0.2, 0) is 0 Å². The van der Waals surface area contributed by atoms with E-state index in [0.717, 1.165) is 21.8 Å². The zero-order valence-corrected chi connectivity index (χ0v) is 11.5. The van der Waals surface area contributed by atoms with Crippen LogP contribution in [0.5, 0.6) is 5.88 Å². The molecule has 0 aliphatic rings. The van der Waals surface area contributed by atoms with E-state index in [-0.39, 0.29) is 6.10 Å². The number of pyridine rings is 1. The first-order valence-electron chi connectivity index (χ1n) is 5.57. The van der Waals surface area contributed by atoms with Crippen LogP contribution in [0.4, 0.5) is 0 Å². The molecule has 90 valence electrons. The molecule has 0 fully saturated rings. The fraction of sp³-hybridized carbons (Fsp3) is 0.308. The van der Waals surface area contributed by atoms with E-state index < -0.39 is 0 Å². The van der Waals surface area contributed by atoms with Gasteiger partial charge in [-0.3, -0.25) is 0 Å². The fourth-order valence-electron chi connectivity index (χ4n) is 1.76. The molecule has 1 aromatic heterocycles. The molecular formula is C13H15BrN2O. The Morgan fingerprint density at radius 3 is 2.94 bits per heavy atom. The lowest BCUT2D eigenvalue weighted by molar-refractivity contribution is 0.215. The van der Waals surface area contributed by atoms with Crippen molar-refractivity contribution in [1.29, 1.82) is 0 Å². The number of benzene rings is 1. The van der Waals surface area contributed by atoms with E-state index in [1.54, 1.807) is 6.20 Å². The zero-order chi connectivity index (χ0) is 12.3. The highest BCUT2D eigenvalue weighted by Gasteiger charge is 2.09. The van der Waals surface area contributed by atoms with Gasteiger partial charge in [0.1, 0.15) is 6.10 Å². The minimum Gasteiger partial charge on any atom is -0.473 e. The molecule has 2 aromatic rings. The number of hydrogen-bond donors (Lipinski definition) is 1. The van der Waals surface area contributed by atoms with Crippen LogP contribution >= 0.6 is 15.9 Å². The van der Waals surface area contributed by atoms with E-state index >= 15 is 0 Å². The summed E-state index contributed by atoms with van der Waals surface area (Å²) in [6, 6.07) is 8.01.